The first-order valence-corrected chi connectivity index (χ1v) is 5.57. The first kappa shape index (κ1) is 12.1. The van der Waals surface area contributed by atoms with Crippen LogP contribution in [0.15, 0.2) is 11.6 Å². The molecule has 0 fully saturated rings. The molecule has 13 heavy (non-hydrogen) atoms. The Hall–Kier alpha value is -0.880. The first-order chi connectivity index (χ1) is 5.83. The number of aliphatic carboxylic acids is 1. The van der Waals surface area contributed by atoms with Gasteiger partial charge < -0.3 is 5.11 Å². The van der Waals surface area contributed by atoms with Crippen LogP contribution >= 0.6 is 0 Å². The van der Waals surface area contributed by atoms with Crippen LogP contribution in [0.1, 0.15) is 13.3 Å². The number of rotatable bonds is 5. The second-order valence-electron chi connectivity index (χ2n) is 2.65. The van der Waals surface area contributed by atoms with Crippen LogP contribution in [0.5, 0.6) is 0 Å². The van der Waals surface area contributed by atoms with Crippen molar-refractivity contribution in [2.24, 2.45) is 0 Å². The van der Waals surface area contributed by atoms with Gasteiger partial charge in [0, 0.05) is 12.1 Å². The number of carboxylic acid groups (broad SMARTS) is 1. The molecule has 76 valence electrons. The summed E-state index contributed by atoms with van der Waals surface area (Å²) >= 11 is 0. The third-order valence-corrected chi connectivity index (χ3v) is 2.02. The third kappa shape index (κ3) is 7.48. The predicted octanol–water partition coefficient (Wildman–Crippen LogP) is -0.0434. The van der Waals surface area contributed by atoms with Gasteiger partial charge in [0.05, 0.1) is 6.26 Å². The summed E-state index contributed by atoms with van der Waals surface area (Å²) in [7, 11) is -3.17. The molecule has 0 spiro atoms. The minimum Gasteiger partial charge on any atom is -0.478 e. The number of hydrogen-bond donors (Lipinski definition) is 2. The molecule has 6 heteroatoms. The fourth-order valence-electron chi connectivity index (χ4n) is 0.620. The van der Waals surface area contributed by atoms with Crippen molar-refractivity contribution < 1.29 is 18.3 Å². The Labute approximate surface area is 77.5 Å². The van der Waals surface area contributed by atoms with Gasteiger partial charge in [-0.2, -0.15) is 0 Å². The number of carboxylic acids is 1. The van der Waals surface area contributed by atoms with Crippen molar-refractivity contribution >= 4 is 16.0 Å². The van der Waals surface area contributed by atoms with E-state index in [9.17, 15) is 13.2 Å². The maximum Gasteiger partial charge on any atom is 0.330 e. The molecule has 0 aliphatic carbocycles. The van der Waals surface area contributed by atoms with Crippen LogP contribution in [0.2, 0.25) is 0 Å². The SMILES string of the molecule is C/C(=C\CCNS(C)(=O)=O)C(=O)O. The molecule has 0 saturated heterocycles. The zero-order valence-corrected chi connectivity index (χ0v) is 8.39. The van der Waals surface area contributed by atoms with Crippen LogP contribution in [-0.4, -0.2) is 32.3 Å². The van der Waals surface area contributed by atoms with Gasteiger partial charge in [-0.25, -0.2) is 17.9 Å². The predicted molar refractivity (Wildman–Crippen MR) is 48.9 cm³/mol. The quantitative estimate of drug-likeness (QED) is 0.489. The number of nitrogens with one attached hydrogen (secondary N) is 1. The Morgan fingerprint density at radius 3 is 2.46 bits per heavy atom. The molecule has 0 radical (unpaired) electrons. The smallest absolute Gasteiger partial charge is 0.330 e. The molecule has 0 bridgehead atoms. The van der Waals surface area contributed by atoms with E-state index >= 15 is 0 Å². The fraction of sp³-hybridized carbons (Fsp3) is 0.571. The van der Waals surface area contributed by atoms with Gasteiger partial charge in [0.1, 0.15) is 0 Å². The lowest BCUT2D eigenvalue weighted by molar-refractivity contribution is -0.132. The molecule has 0 atom stereocenters. The van der Waals surface area contributed by atoms with Crippen LogP contribution in [0, 0.1) is 0 Å². The molecule has 0 unspecified atom stereocenters. The lowest BCUT2D eigenvalue weighted by atomic mass is 10.2. The molecule has 0 heterocycles. The molecule has 2 N–H and O–H groups in total. The Kier molecular flexibility index (Phi) is 4.64. The van der Waals surface area contributed by atoms with E-state index in [2.05, 4.69) is 4.72 Å². The van der Waals surface area contributed by atoms with Crippen molar-refractivity contribution in [3.8, 4) is 0 Å². The minimum atomic E-state index is -3.17. The van der Waals surface area contributed by atoms with Crippen LogP contribution in [0.25, 0.3) is 0 Å². The highest BCUT2D eigenvalue weighted by atomic mass is 32.2. The van der Waals surface area contributed by atoms with E-state index in [1.165, 1.54) is 13.0 Å². The molecule has 0 aromatic heterocycles. The Morgan fingerprint density at radius 2 is 2.08 bits per heavy atom. The number of hydrogen-bond acceptors (Lipinski definition) is 3. The van der Waals surface area contributed by atoms with E-state index < -0.39 is 16.0 Å². The first-order valence-electron chi connectivity index (χ1n) is 3.67. The molecule has 0 aliphatic rings. The minimum absolute atomic E-state index is 0.218. The zero-order valence-electron chi connectivity index (χ0n) is 7.57. The van der Waals surface area contributed by atoms with Gasteiger partial charge in [-0.3, -0.25) is 0 Å². The Bertz CT molecular complexity index is 304. The monoisotopic (exact) mass is 207 g/mol. The van der Waals surface area contributed by atoms with Gasteiger partial charge in [-0.15, -0.1) is 0 Å². The van der Waals surface area contributed by atoms with Gasteiger partial charge in [0.25, 0.3) is 0 Å². The average molecular weight is 207 g/mol. The molecule has 0 aromatic rings. The Morgan fingerprint density at radius 1 is 1.54 bits per heavy atom. The normalized spacial score (nSPS) is 12.9. The van der Waals surface area contributed by atoms with Crippen molar-refractivity contribution in [1.82, 2.24) is 4.72 Å². The highest BCUT2D eigenvalue weighted by Gasteiger charge is 2.00. The van der Waals surface area contributed by atoms with Crippen molar-refractivity contribution in [3.05, 3.63) is 11.6 Å². The lowest BCUT2D eigenvalue weighted by Crippen LogP contribution is -2.22. The molecule has 0 saturated carbocycles. The largest absolute Gasteiger partial charge is 0.478 e. The van der Waals surface area contributed by atoms with Crippen LogP contribution in [0.3, 0.4) is 0 Å². The highest BCUT2D eigenvalue weighted by Crippen LogP contribution is 1.94. The van der Waals surface area contributed by atoms with Gasteiger partial charge >= 0.3 is 5.97 Å². The van der Waals surface area contributed by atoms with Crippen molar-refractivity contribution in [2.45, 2.75) is 13.3 Å². The summed E-state index contributed by atoms with van der Waals surface area (Å²) < 4.78 is 23.4. The number of sulfonamides is 1. The van der Waals surface area contributed by atoms with E-state index in [1.54, 1.807) is 0 Å². The second-order valence-corrected chi connectivity index (χ2v) is 4.48. The summed E-state index contributed by atoms with van der Waals surface area (Å²) in [6, 6.07) is 0. The van der Waals surface area contributed by atoms with Gasteiger partial charge in [-0.1, -0.05) is 6.08 Å². The summed E-state index contributed by atoms with van der Waals surface area (Å²) in [5, 5.41) is 8.43. The molecule has 0 rings (SSSR count). The summed E-state index contributed by atoms with van der Waals surface area (Å²) in [6.07, 6.45) is 2.91. The van der Waals surface area contributed by atoms with Crippen molar-refractivity contribution in [1.29, 1.82) is 0 Å². The zero-order chi connectivity index (χ0) is 10.5. The lowest BCUT2D eigenvalue weighted by Gasteiger charge is -1.98. The summed E-state index contributed by atoms with van der Waals surface area (Å²) in [5.74, 6) is -0.987. The summed E-state index contributed by atoms with van der Waals surface area (Å²) in [5.41, 5.74) is 0.218. The van der Waals surface area contributed by atoms with E-state index in [0.717, 1.165) is 6.26 Å². The van der Waals surface area contributed by atoms with Crippen LogP contribution < -0.4 is 4.72 Å². The summed E-state index contributed by atoms with van der Waals surface area (Å²) in [6.45, 7) is 1.69. The highest BCUT2D eigenvalue weighted by molar-refractivity contribution is 7.88. The third-order valence-electron chi connectivity index (χ3n) is 1.30. The maximum absolute atomic E-state index is 10.6. The van der Waals surface area contributed by atoms with Crippen LogP contribution in [0.4, 0.5) is 0 Å². The average Bonchev–Trinajstić information content (AvgIpc) is 1.95. The topological polar surface area (TPSA) is 83.5 Å². The maximum atomic E-state index is 10.6. The standard InChI is InChI=1S/C7H13NO4S/c1-6(7(9)10)4-3-5-8-13(2,11)12/h4,8H,3,5H2,1-2H3,(H,9,10)/b6-4+. The van der Waals surface area contributed by atoms with E-state index in [0.29, 0.717) is 6.42 Å². The van der Waals surface area contributed by atoms with Crippen molar-refractivity contribution in [3.63, 3.8) is 0 Å². The van der Waals surface area contributed by atoms with E-state index in [1.807, 2.05) is 0 Å². The Balaban J connectivity index is 3.81. The van der Waals surface area contributed by atoms with Gasteiger partial charge in [0.2, 0.25) is 10.0 Å². The van der Waals surface area contributed by atoms with Crippen molar-refractivity contribution in [2.75, 3.05) is 12.8 Å². The molecular formula is C7H13NO4S. The molecule has 0 amide bonds. The van der Waals surface area contributed by atoms with Gasteiger partial charge in [-0.05, 0) is 13.3 Å². The number of carbonyl (C=O) groups is 1. The van der Waals surface area contributed by atoms with Gasteiger partial charge in [0.15, 0.2) is 0 Å². The van der Waals surface area contributed by atoms with E-state index in [4.69, 9.17) is 5.11 Å². The molecule has 0 aromatic carbocycles. The molecule has 5 nitrogen and oxygen atoms in total. The summed E-state index contributed by atoms with van der Waals surface area (Å²) in [4.78, 5) is 10.3. The fourth-order valence-corrected chi connectivity index (χ4v) is 1.11. The van der Waals surface area contributed by atoms with E-state index in [-0.39, 0.29) is 12.1 Å². The molecular weight excluding hydrogens is 194 g/mol. The molecule has 0 aliphatic heterocycles. The van der Waals surface area contributed by atoms with Crippen LogP contribution in [-0.2, 0) is 14.8 Å². The second kappa shape index (κ2) is 4.98.